The second-order valence-corrected chi connectivity index (χ2v) is 7.34. The smallest absolute Gasteiger partial charge is 0.258 e. The van der Waals surface area contributed by atoms with Gasteiger partial charge in [0.15, 0.2) is 23.0 Å². The van der Waals surface area contributed by atoms with E-state index < -0.39 is 17.7 Å². The van der Waals surface area contributed by atoms with E-state index in [9.17, 15) is 9.59 Å². The number of azo groups is 1. The van der Waals surface area contributed by atoms with E-state index in [1.807, 2.05) is 6.92 Å². The fourth-order valence-corrected chi connectivity index (χ4v) is 3.19. The molecular formula is C22H25Cl2N3O6. The van der Waals surface area contributed by atoms with Crippen LogP contribution in [-0.2, 0) is 9.59 Å². The van der Waals surface area contributed by atoms with E-state index in [4.69, 9.17) is 42.1 Å². The number of rotatable bonds is 11. The van der Waals surface area contributed by atoms with Crippen LogP contribution in [0.2, 0.25) is 10.0 Å². The van der Waals surface area contributed by atoms with E-state index in [0.717, 1.165) is 0 Å². The highest BCUT2D eigenvalue weighted by Crippen LogP contribution is 2.40. The molecule has 9 nitrogen and oxygen atoms in total. The number of benzene rings is 2. The van der Waals surface area contributed by atoms with Gasteiger partial charge >= 0.3 is 0 Å². The predicted octanol–water partition coefficient (Wildman–Crippen LogP) is 5.49. The first kappa shape index (κ1) is 26.2. The van der Waals surface area contributed by atoms with E-state index in [1.165, 1.54) is 33.3 Å². The van der Waals surface area contributed by atoms with Crippen LogP contribution in [0.4, 0.5) is 11.4 Å². The number of hydrogen-bond acceptors (Lipinski definition) is 8. The van der Waals surface area contributed by atoms with Crippen molar-refractivity contribution in [2.75, 3.05) is 32.8 Å². The summed E-state index contributed by atoms with van der Waals surface area (Å²) in [5.41, 5.74) is 0.389. The van der Waals surface area contributed by atoms with Crippen LogP contribution in [0.1, 0.15) is 20.8 Å². The lowest BCUT2D eigenvalue weighted by molar-refractivity contribution is -0.126. The topological polar surface area (TPSA) is 108 Å². The van der Waals surface area contributed by atoms with Crippen LogP contribution in [0.3, 0.4) is 0 Å². The largest absolute Gasteiger partial charge is 0.494 e. The van der Waals surface area contributed by atoms with Crippen LogP contribution >= 0.6 is 23.2 Å². The fraction of sp³-hybridized carbons (Fsp3) is 0.364. The van der Waals surface area contributed by atoms with Gasteiger partial charge < -0.3 is 24.3 Å². The zero-order chi connectivity index (χ0) is 24.5. The van der Waals surface area contributed by atoms with Crippen molar-refractivity contribution in [3.8, 4) is 23.0 Å². The molecule has 0 heterocycles. The van der Waals surface area contributed by atoms with Gasteiger partial charge in [0.05, 0.1) is 43.2 Å². The van der Waals surface area contributed by atoms with Crippen molar-refractivity contribution >= 4 is 46.3 Å². The number of ether oxygens (including phenoxy) is 4. The first-order chi connectivity index (χ1) is 15.7. The molecule has 11 heteroatoms. The molecule has 0 bridgehead atoms. The molecule has 0 aliphatic heterocycles. The van der Waals surface area contributed by atoms with Crippen molar-refractivity contribution in [1.82, 2.24) is 0 Å². The molecule has 1 amide bonds. The summed E-state index contributed by atoms with van der Waals surface area (Å²) < 4.78 is 21.4. The Morgan fingerprint density at radius 3 is 2.15 bits per heavy atom. The standard InChI is InChI=1S/C22H25Cl2N3O6/c1-6-32-13-8-15(24)21(19(9-13)33-7-2)27-26-20(12(3)28)22(29)25-16-11-18(31-5)17(30-4)10-14(16)23/h8-11,20H,6-7H2,1-5H3,(H,25,29). The lowest BCUT2D eigenvalue weighted by Crippen LogP contribution is -2.32. The molecule has 0 saturated carbocycles. The van der Waals surface area contributed by atoms with Gasteiger partial charge in [-0.3, -0.25) is 9.59 Å². The summed E-state index contributed by atoms with van der Waals surface area (Å²) in [5.74, 6) is 0.266. The number of ketones is 1. The van der Waals surface area contributed by atoms with Crippen molar-refractivity contribution < 1.29 is 28.5 Å². The maximum atomic E-state index is 12.8. The van der Waals surface area contributed by atoms with Crippen molar-refractivity contribution in [2.45, 2.75) is 26.8 Å². The number of carbonyl (C=O) groups is 2. The Morgan fingerprint density at radius 2 is 1.58 bits per heavy atom. The van der Waals surface area contributed by atoms with Crippen LogP contribution in [-0.4, -0.2) is 45.2 Å². The number of hydrogen-bond donors (Lipinski definition) is 1. The van der Waals surface area contributed by atoms with Crippen molar-refractivity contribution in [2.24, 2.45) is 10.2 Å². The van der Waals surface area contributed by atoms with Crippen molar-refractivity contribution in [1.29, 1.82) is 0 Å². The van der Waals surface area contributed by atoms with Crippen LogP contribution in [0.25, 0.3) is 0 Å². The summed E-state index contributed by atoms with van der Waals surface area (Å²) in [5, 5.41) is 10.9. The van der Waals surface area contributed by atoms with Gasteiger partial charge in [-0.05, 0) is 20.8 Å². The molecule has 1 N–H and O–H groups in total. The third-order valence-electron chi connectivity index (χ3n) is 4.25. The molecular weight excluding hydrogens is 473 g/mol. The quantitative estimate of drug-likeness (QED) is 0.324. The Kier molecular flexibility index (Phi) is 9.74. The Labute approximate surface area is 202 Å². The van der Waals surface area contributed by atoms with Crippen molar-refractivity contribution in [3.63, 3.8) is 0 Å². The number of Topliss-reactive ketones (excluding diaryl/α,β-unsaturated/α-hetero) is 1. The van der Waals surface area contributed by atoms with Crippen LogP contribution in [0.15, 0.2) is 34.5 Å². The Morgan fingerprint density at radius 1 is 0.939 bits per heavy atom. The number of nitrogens with zero attached hydrogens (tertiary/aromatic N) is 2. The van der Waals surface area contributed by atoms with E-state index in [2.05, 4.69) is 15.5 Å². The van der Waals surface area contributed by atoms with Gasteiger partial charge in [-0.2, -0.15) is 5.11 Å². The average molecular weight is 498 g/mol. The Balaban J connectivity index is 2.35. The van der Waals surface area contributed by atoms with E-state index >= 15 is 0 Å². The number of methoxy groups -OCH3 is 2. The molecule has 178 valence electrons. The zero-order valence-electron chi connectivity index (χ0n) is 18.9. The minimum Gasteiger partial charge on any atom is -0.494 e. The van der Waals surface area contributed by atoms with E-state index in [1.54, 1.807) is 19.1 Å². The second-order valence-electron chi connectivity index (χ2n) is 6.52. The number of halogens is 2. The lowest BCUT2D eigenvalue weighted by Gasteiger charge is -2.14. The van der Waals surface area contributed by atoms with Gasteiger partial charge in [-0.25, -0.2) is 0 Å². The molecule has 0 aromatic heterocycles. The molecule has 1 unspecified atom stereocenters. The number of nitrogens with one attached hydrogen (secondary N) is 1. The molecule has 0 radical (unpaired) electrons. The van der Waals surface area contributed by atoms with E-state index in [-0.39, 0.29) is 21.4 Å². The monoisotopic (exact) mass is 497 g/mol. The Hall–Kier alpha value is -3.04. The number of amides is 1. The molecule has 2 aromatic rings. The first-order valence-corrected chi connectivity index (χ1v) is 10.7. The SMILES string of the molecule is CCOc1cc(Cl)c(N=NC(C(C)=O)C(=O)Nc2cc(OC)c(OC)cc2Cl)c(OCC)c1. The van der Waals surface area contributed by atoms with Gasteiger partial charge in [-0.15, -0.1) is 5.11 Å². The summed E-state index contributed by atoms with van der Waals surface area (Å²) >= 11 is 12.5. The zero-order valence-corrected chi connectivity index (χ0v) is 20.4. The molecule has 0 aliphatic carbocycles. The van der Waals surface area contributed by atoms with Crippen LogP contribution in [0, 0.1) is 0 Å². The minimum atomic E-state index is -1.45. The summed E-state index contributed by atoms with van der Waals surface area (Å²) in [6.45, 7) is 5.63. The number of anilines is 1. The molecule has 33 heavy (non-hydrogen) atoms. The minimum absolute atomic E-state index is 0.171. The fourth-order valence-electron chi connectivity index (χ4n) is 2.75. The molecule has 0 saturated heterocycles. The molecule has 2 aromatic carbocycles. The third-order valence-corrected chi connectivity index (χ3v) is 4.85. The average Bonchev–Trinajstić information content (AvgIpc) is 2.76. The molecule has 1 atom stereocenters. The van der Waals surface area contributed by atoms with Gasteiger partial charge in [0.25, 0.3) is 5.91 Å². The third kappa shape index (κ3) is 6.72. The van der Waals surface area contributed by atoms with Gasteiger partial charge in [0.2, 0.25) is 6.04 Å². The highest BCUT2D eigenvalue weighted by molar-refractivity contribution is 6.34. The van der Waals surface area contributed by atoms with Gasteiger partial charge in [-0.1, -0.05) is 23.2 Å². The number of carbonyl (C=O) groups excluding carboxylic acids is 2. The summed E-state index contributed by atoms with van der Waals surface area (Å²) in [6.07, 6.45) is 0. The van der Waals surface area contributed by atoms with Gasteiger partial charge in [0, 0.05) is 24.3 Å². The second kappa shape index (κ2) is 12.3. The predicted molar refractivity (Wildman–Crippen MR) is 126 cm³/mol. The normalized spacial score (nSPS) is 11.7. The summed E-state index contributed by atoms with van der Waals surface area (Å²) in [6, 6.07) is 4.66. The molecule has 0 spiro atoms. The van der Waals surface area contributed by atoms with Gasteiger partial charge in [0.1, 0.15) is 11.4 Å². The highest BCUT2D eigenvalue weighted by Gasteiger charge is 2.25. The molecule has 2 rings (SSSR count). The maximum Gasteiger partial charge on any atom is 0.258 e. The Bertz CT molecular complexity index is 1050. The molecule has 0 aliphatic rings. The highest BCUT2D eigenvalue weighted by atomic mass is 35.5. The maximum absolute atomic E-state index is 12.8. The van der Waals surface area contributed by atoms with Crippen LogP contribution < -0.4 is 24.3 Å². The summed E-state index contributed by atoms with van der Waals surface area (Å²) in [7, 11) is 2.90. The van der Waals surface area contributed by atoms with Crippen molar-refractivity contribution in [3.05, 3.63) is 34.3 Å². The summed E-state index contributed by atoms with van der Waals surface area (Å²) in [4.78, 5) is 25.0. The van der Waals surface area contributed by atoms with E-state index in [0.29, 0.717) is 36.2 Å². The first-order valence-electron chi connectivity index (χ1n) is 9.98. The van der Waals surface area contributed by atoms with Crippen LogP contribution in [0.5, 0.6) is 23.0 Å². The lowest BCUT2D eigenvalue weighted by atomic mass is 10.2. The molecule has 0 fully saturated rings.